The molecule has 2 heterocycles. The number of allylic oxidation sites excluding steroid dienone is 1. The molecule has 154 valence electrons. The second-order valence-electron chi connectivity index (χ2n) is 7.94. The van der Waals surface area contributed by atoms with Crippen molar-refractivity contribution in [1.29, 1.82) is 0 Å². The van der Waals surface area contributed by atoms with Gasteiger partial charge in [0.25, 0.3) is 5.91 Å². The lowest BCUT2D eigenvalue weighted by atomic mass is 9.94. The highest BCUT2D eigenvalue weighted by molar-refractivity contribution is 7.08. The zero-order chi connectivity index (χ0) is 19.3. The van der Waals surface area contributed by atoms with Crippen LogP contribution in [-0.2, 0) is 19.0 Å². The van der Waals surface area contributed by atoms with Crippen molar-refractivity contribution in [3.8, 4) is 0 Å². The second kappa shape index (κ2) is 9.39. The van der Waals surface area contributed by atoms with Gasteiger partial charge in [-0.1, -0.05) is 6.42 Å². The van der Waals surface area contributed by atoms with Crippen LogP contribution < -0.4 is 5.32 Å². The Balaban J connectivity index is 1.37. The number of carbonyl (C=O) groups is 1. The van der Waals surface area contributed by atoms with E-state index in [2.05, 4.69) is 16.8 Å². The number of hydrogen-bond acceptors (Lipinski definition) is 6. The number of aliphatic hydroxyl groups excluding tert-OH is 1. The molecule has 2 fully saturated rings. The zero-order valence-electron chi connectivity index (χ0n) is 16.0. The van der Waals surface area contributed by atoms with Gasteiger partial charge in [-0.2, -0.15) is 11.3 Å². The first-order valence-corrected chi connectivity index (χ1v) is 11.2. The molecule has 2 bridgehead atoms. The molecular weight excluding hydrogens is 378 g/mol. The summed E-state index contributed by atoms with van der Waals surface area (Å²) in [5.74, 6) is 1.75. The van der Waals surface area contributed by atoms with Gasteiger partial charge in [-0.3, -0.25) is 4.79 Å². The van der Waals surface area contributed by atoms with Crippen molar-refractivity contribution in [3.05, 3.63) is 34.2 Å². The molecule has 28 heavy (non-hydrogen) atoms. The summed E-state index contributed by atoms with van der Waals surface area (Å²) < 4.78 is 17.0. The van der Waals surface area contributed by atoms with Gasteiger partial charge in [-0.25, -0.2) is 0 Å². The first-order chi connectivity index (χ1) is 13.7. The van der Waals surface area contributed by atoms with Crippen molar-refractivity contribution in [2.75, 3.05) is 26.4 Å². The molecule has 0 radical (unpaired) electrons. The van der Waals surface area contributed by atoms with Gasteiger partial charge < -0.3 is 24.6 Å². The van der Waals surface area contributed by atoms with Crippen LogP contribution in [0.25, 0.3) is 0 Å². The van der Waals surface area contributed by atoms with Crippen LogP contribution in [0.5, 0.6) is 0 Å². The third-order valence-corrected chi connectivity index (χ3v) is 6.78. The summed E-state index contributed by atoms with van der Waals surface area (Å²) in [5, 5.41) is 16.1. The van der Waals surface area contributed by atoms with Crippen LogP contribution in [0.2, 0.25) is 0 Å². The normalized spacial score (nSPS) is 31.5. The fraction of sp³-hybridized carbons (Fsp3) is 0.667. The number of thiophene rings is 1. The molecule has 2 N–H and O–H groups in total. The third-order valence-electron chi connectivity index (χ3n) is 6.07. The summed E-state index contributed by atoms with van der Waals surface area (Å²) in [6.45, 7) is 1.04. The quantitative estimate of drug-likeness (QED) is 0.616. The second-order valence-corrected chi connectivity index (χ2v) is 8.72. The van der Waals surface area contributed by atoms with Gasteiger partial charge in [0.2, 0.25) is 6.29 Å². The van der Waals surface area contributed by atoms with E-state index in [1.165, 1.54) is 24.8 Å². The molecule has 7 heteroatoms. The van der Waals surface area contributed by atoms with E-state index < -0.39 is 6.29 Å². The van der Waals surface area contributed by atoms with Crippen molar-refractivity contribution < 1.29 is 24.1 Å². The average Bonchev–Trinajstić information content (AvgIpc) is 3.46. The van der Waals surface area contributed by atoms with Crippen LogP contribution in [0, 0.1) is 11.8 Å². The summed E-state index contributed by atoms with van der Waals surface area (Å²) in [7, 11) is 0. The molecule has 1 aliphatic heterocycles. The molecule has 3 unspecified atom stereocenters. The SMILES string of the molecule is O=C(NC1CC2CCC1C2)C1=C[C@@H](c2ccsc2)C[C@@H](OCCOCCO)O1. The van der Waals surface area contributed by atoms with E-state index in [4.69, 9.17) is 19.3 Å². The molecule has 0 spiro atoms. The topological polar surface area (TPSA) is 77.0 Å². The number of carbonyl (C=O) groups excluding carboxylic acids is 1. The lowest BCUT2D eigenvalue weighted by Gasteiger charge is -2.30. The highest BCUT2D eigenvalue weighted by Crippen LogP contribution is 2.44. The van der Waals surface area contributed by atoms with Crippen molar-refractivity contribution in [2.45, 2.75) is 50.4 Å². The lowest BCUT2D eigenvalue weighted by Crippen LogP contribution is -2.41. The molecule has 2 saturated carbocycles. The number of hydrogen-bond donors (Lipinski definition) is 2. The molecule has 1 amide bonds. The predicted octanol–water partition coefficient (Wildman–Crippen LogP) is 2.79. The maximum Gasteiger partial charge on any atom is 0.286 e. The number of aliphatic hydroxyl groups is 1. The first-order valence-electron chi connectivity index (χ1n) is 10.2. The molecule has 1 aromatic rings. The molecule has 6 nitrogen and oxygen atoms in total. The molecular formula is C21H29NO5S. The Morgan fingerprint density at radius 2 is 2.18 bits per heavy atom. The Bertz CT molecular complexity index is 676. The maximum absolute atomic E-state index is 12.9. The average molecular weight is 408 g/mol. The summed E-state index contributed by atoms with van der Waals surface area (Å²) in [6.07, 6.45) is 7.02. The highest BCUT2D eigenvalue weighted by Gasteiger charge is 2.41. The molecule has 3 aliphatic rings. The molecule has 2 aliphatic carbocycles. The minimum absolute atomic E-state index is 0.00374. The minimum atomic E-state index is -0.478. The Hall–Kier alpha value is -1.41. The number of rotatable bonds is 9. The van der Waals surface area contributed by atoms with Gasteiger partial charge in [0, 0.05) is 18.4 Å². The van der Waals surface area contributed by atoms with Crippen molar-refractivity contribution >= 4 is 17.2 Å². The summed E-state index contributed by atoms with van der Waals surface area (Å²) in [5.41, 5.74) is 1.18. The van der Waals surface area contributed by atoms with Gasteiger partial charge in [-0.15, -0.1) is 0 Å². The first kappa shape index (κ1) is 19.9. The van der Waals surface area contributed by atoms with Crippen molar-refractivity contribution in [3.63, 3.8) is 0 Å². The van der Waals surface area contributed by atoms with Crippen LogP contribution in [0.15, 0.2) is 28.7 Å². The fourth-order valence-electron chi connectivity index (χ4n) is 4.70. The molecule has 0 saturated heterocycles. The van der Waals surface area contributed by atoms with Gasteiger partial charge in [-0.05, 0) is 59.6 Å². The maximum atomic E-state index is 12.9. The Morgan fingerprint density at radius 3 is 2.89 bits per heavy atom. The Labute approximate surface area is 169 Å². The number of ether oxygens (including phenoxy) is 3. The summed E-state index contributed by atoms with van der Waals surface area (Å²) in [4.78, 5) is 12.9. The van der Waals surface area contributed by atoms with E-state index in [-0.39, 0.29) is 24.5 Å². The van der Waals surface area contributed by atoms with E-state index >= 15 is 0 Å². The number of nitrogens with one attached hydrogen (secondary N) is 1. The predicted molar refractivity (Wildman–Crippen MR) is 106 cm³/mol. The van der Waals surface area contributed by atoms with Crippen molar-refractivity contribution in [1.82, 2.24) is 5.32 Å². The van der Waals surface area contributed by atoms with Crippen LogP contribution in [0.1, 0.15) is 43.6 Å². The monoisotopic (exact) mass is 407 g/mol. The largest absolute Gasteiger partial charge is 0.459 e. The van der Waals surface area contributed by atoms with Crippen LogP contribution in [0.4, 0.5) is 0 Å². The Kier molecular flexibility index (Phi) is 6.67. The molecule has 1 aromatic heterocycles. The molecule has 4 rings (SSSR count). The van der Waals surface area contributed by atoms with Gasteiger partial charge in [0.1, 0.15) is 0 Å². The summed E-state index contributed by atoms with van der Waals surface area (Å²) >= 11 is 1.65. The highest BCUT2D eigenvalue weighted by atomic mass is 32.1. The standard InChI is InChI=1S/C21H29NO5S/c23-4-5-25-6-7-26-20-12-17(16-3-8-28-13-16)11-19(27-20)21(24)22-18-10-14-1-2-15(18)9-14/h3,8,11,13-15,17-18,20,23H,1-2,4-7,9-10,12H2,(H,22,24)/t14?,15?,17-,18?,20+/m1/s1. The van der Waals surface area contributed by atoms with Gasteiger partial charge in [0.05, 0.1) is 26.4 Å². The van der Waals surface area contributed by atoms with E-state index in [0.29, 0.717) is 37.9 Å². The lowest BCUT2D eigenvalue weighted by molar-refractivity contribution is -0.151. The smallest absolute Gasteiger partial charge is 0.286 e. The van der Waals surface area contributed by atoms with Crippen LogP contribution in [-0.4, -0.2) is 49.8 Å². The summed E-state index contributed by atoms with van der Waals surface area (Å²) in [6, 6.07) is 2.37. The van der Waals surface area contributed by atoms with Gasteiger partial charge in [0.15, 0.2) is 5.76 Å². The van der Waals surface area contributed by atoms with E-state index in [0.717, 1.165) is 12.3 Å². The number of fused-ring (bicyclic) bond motifs is 2. The Morgan fingerprint density at radius 1 is 1.25 bits per heavy atom. The molecule has 0 aromatic carbocycles. The van der Waals surface area contributed by atoms with Crippen molar-refractivity contribution in [2.24, 2.45) is 11.8 Å². The van der Waals surface area contributed by atoms with E-state index in [9.17, 15) is 4.79 Å². The van der Waals surface area contributed by atoms with E-state index in [1.54, 1.807) is 11.3 Å². The molecule has 5 atom stereocenters. The minimum Gasteiger partial charge on any atom is -0.459 e. The van der Waals surface area contributed by atoms with Crippen LogP contribution >= 0.6 is 11.3 Å². The fourth-order valence-corrected chi connectivity index (χ4v) is 5.43. The van der Waals surface area contributed by atoms with Gasteiger partial charge >= 0.3 is 0 Å². The zero-order valence-corrected chi connectivity index (χ0v) is 16.9. The van der Waals surface area contributed by atoms with Crippen LogP contribution in [0.3, 0.4) is 0 Å². The number of amides is 1. The third kappa shape index (κ3) is 4.76. The van der Waals surface area contributed by atoms with E-state index in [1.807, 2.05) is 11.5 Å².